The SMILES string of the molecule is Cn1cnc2ccc(I)cc21. The molecule has 1 aromatic heterocycles. The van der Waals surface area contributed by atoms with Gasteiger partial charge >= 0.3 is 0 Å². The van der Waals surface area contributed by atoms with Gasteiger partial charge in [-0.15, -0.1) is 0 Å². The molecule has 3 heteroatoms. The first-order valence-corrected chi connectivity index (χ1v) is 4.42. The second-order valence-corrected chi connectivity index (χ2v) is 3.73. The molecular weight excluding hydrogens is 251 g/mol. The van der Waals surface area contributed by atoms with E-state index < -0.39 is 0 Å². The summed E-state index contributed by atoms with van der Waals surface area (Å²) in [5, 5.41) is 0. The zero-order chi connectivity index (χ0) is 7.84. The summed E-state index contributed by atoms with van der Waals surface area (Å²) in [7, 11) is 2.01. The fourth-order valence-electron chi connectivity index (χ4n) is 1.10. The predicted octanol–water partition coefficient (Wildman–Crippen LogP) is 2.18. The van der Waals surface area contributed by atoms with E-state index in [4.69, 9.17) is 0 Å². The van der Waals surface area contributed by atoms with Gasteiger partial charge in [-0.1, -0.05) is 0 Å². The second-order valence-electron chi connectivity index (χ2n) is 2.49. The number of aryl methyl sites for hydroxylation is 1. The summed E-state index contributed by atoms with van der Waals surface area (Å²) in [5.74, 6) is 0. The van der Waals surface area contributed by atoms with Gasteiger partial charge in [-0.25, -0.2) is 4.98 Å². The molecule has 0 saturated heterocycles. The lowest BCUT2D eigenvalue weighted by molar-refractivity contribution is 0.947. The molecule has 0 saturated carbocycles. The largest absolute Gasteiger partial charge is 0.334 e. The van der Waals surface area contributed by atoms with Crippen LogP contribution in [0.4, 0.5) is 0 Å². The summed E-state index contributed by atoms with van der Waals surface area (Å²) in [4.78, 5) is 4.22. The highest BCUT2D eigenvalue weighted by molar-refractivity contribution is 14.1. The van der Waals surface area contributed by atoms with Gasteiger partial charge in [0, 0.05) is 10.6 Å². The lowest BCUT2D eigenvalue weighted by atomic mass is 10.3. The van der Waals surface area contributed by atoms with Gasteiger partial charge in [0.15, 0.2) is 0 Å². The van der Waals surface area contributed by atoms with Gasteiger partial charge in [-0.3, -0.25) is 0 Å². The van der Waals surface area contributed by atoms with E-state index in [9.17, 15) is 0 Å². The summed E-state index contributed by atoms with van der Waals surface area (Å²) in [6, 6.07) is 6.23. The van der Waals surface area contributed by atoms with Crippen molar-refractivity contribution in [2.45, 2.75) is 0 Å². The van der Waals surface area contributed by atoms with Crippen molar-refractivity contribution in [3.8, 4) is 0 Å². The number of nitrogens with zero attached hydrogens (tertiary/aromatic N) is 2. The maximum Gasteiger partial charge on any atom is 0.0955 e. The van der Waals surface area contributed by atoms with Gasteiger partial charge in [0.2, 0.25) is 0 Å². The van der Waals surface area contributed by atoms with Crippen molar-refractivity contribution in [3.63, 3.8) is 0 Å². The van der Waals surface area contributed by atoms with Crippen molar-refractivity contribution in [3.05, 3.63) is 28.1 Å². The minimum atomic E-state index is 1.06. The van der Waals surface area contributed by atoms with E-state index in [1.165, 1.54) is 9.09 Å². The van der Waals surface area contributed by atoms with Gasteiger partial charge in [0.05, 0.1) is 17.4 Å². The van der Waals surface area contributed by atoms with Crippen LogP contribution in [0.2, 0.25) is 0 Å². The van der Waals surface area contributed by atoms with Gasteiger partial charge < -0.3 is 4.57 Å². The van der Waals surface area contributed by atoms with E-state index in [-0.39, 0.29) is 0 Å². The number of benzene rings is 1. The molecule has 0 radical (unpaired) electrons. The van der Waals surface area contributed by atoms with Gasteiger partial charge in [-0.05, 0) is 40.8 Å². The van der Waals surface area contributed by atoms with Crippen LogP contribution in [0.25, 0.3) is 11.0 Å². The lowest BCUT2D eigenvalue weighted by Gasteiger charge is -1.93. The van der Waals surface area contributed by atoms with Gasteiger partial charge in [0.1, 0.15) is 0 Å². The zero-order valence-electron chi connectivity index (χ0n) is 6.08. The maximum absolute atomic E-state index is 4.22. The van der Waals surface area contributed by atoms with Crippen LogP contribution in [-0.2, 0) is 7.05 Å². The van der Waals surface area contributed by atoms with E-state index >= 15 is 0 Å². The van der Waals surface area contributed by atoms with Crippen LogP contribution in [-0.4, -0.2) is 9.55 Å². The number of hydrogen-bond acceptors (Lipinski definition) is 1. The van der Waals surface area contributed by atoms with Gasteiger partial charge in [-0.2, -0.15) is 0 Å². The molecular formula is C8H7IN2. The zero-order valence-corrected chi connectivity index (χ0v) is 8.24. The normalized spacial score (nSPS) is 10.7. The highest BCUT2D eigenvalue weighted by Crippen LogP contribution is 2.14. The third-order valence-electron chi connectivity index (χ3n) is 1.69. The van der Waals surface area contributed by atoms with Crippen LogP contribution in [0.1, 0.15) is 0 Å². The van der Waals surface area contributed by atoms with Crippen LogP contribution in [0.5, 0.6) is 0 Å². The van der Waals surface area contributed by atoms with E-state index in [2.05, 4.69) is 39.7 Å². The molecule has 0 bridgehead atoms. The number of aromatic nitrogens is 2. The highest BCUT2D eigenvalue weighted by atomic mass is 127. The molecule has 0 aliphatic carbocycles. The van der Waals surface area contributed by atoms with Crippen molar-refractivity contribution in [2.75, 3.05) is 0 Å². The van der Waals surface area contributed by atoms with Crippen LogP contribution in [0.3, 0.4) is 0 Å². The van der Waals surface area contributed by atoms with Crippen LogP contribution >= 0.6 is 22.6 Å². The number of halogens is 1. The number of rotatable bonds is 0. The van der Waals surface area contributed by atoms with Crippen molar-refractivity contribution in [1.29, 1.82) is 0 Å². The van der Waals surface area contributed by atoms with E-state index in [0.29, 0.717) is 0 Å². The minimum Gasteiger partial charge on any atom is -0.334 e. The molecule has 2 nitrogen and oxygen atoms in total. The summed E-state index contributed by atoms with van der Waals surface area (Å²) in [5.41, 5.74) is 2.25. The number of fused-ring (bicyclic) bond motifs is 1. The molecule has 0 fully saturated rings. The Morgan fingerprint density at radius 2 is 2.27 bits per heavy atom. The smallest absolute Gasteiger partial charge is 0.0955 e. The Kier molecular flexibility index (Phi) is 1.60. The van der Waals surface area contributed by atoms with Crippen molar-refractivity contribution in [2.24, 2.45) is 7.05 Å². The third-order valence-corrected chi connectivity index (χ3v) is 2.36. The van der Waals surface area contributed by atoms with Crippen molar-refractivity contribution >= 4 is 33.6 Å². The molecule has 56 valence electrons. The average Bonchev–Trinajstić information content (AvgIpc) is 2.33. The first kappa shape index (κ1) is 7.09. The Bertz CT molecular complexity index is 392. The van der Waals surface area contributed by atoms with E-state index in [1.807, 2.05) is 24.0 Å². The van der Waals surface area contributed by atoms with Crippen LogP contribution in [0.15, 0.2) is 24.5 Å². The van der Waals surface area contributed by atoms with Crippen molar-refractivity contribution < 1.29 is 0 Å². The molecule has 0 N–H and O–H groups in total. The van der Waals surface area contributed by atoms with Crippen LogP contribution in [0, 0.1) is 3.57 Å². The molecule has 0 spiro atoms. The minimum absolute atomic E-state index is 1.06. The molecule has 2 rings (SSSR count). The summed E-state index contributed by atoms with van der Waals surface area (Å²) in [6.07, 6.45) is 1.83. The molecule has 1 aromatic carbocycles. The molecule has 0 unspecified atom stereocenters. The lowest BCUT2D eigenvalue weighted by Crippen LogP contribution is -1.83. The molecule has 2 aromatic rings. The topological polar surface area (TPSA) is 17.8 Å². The molecule has 11 heavy (non-hydrogen) atoms. The molecule has 0 aliphatic heterocycles. The average molecular weight is 258 g/mol. The monoisotopic (exact) mass is 258 g/mol. The fraction of sp³-hybridized carbons (Fsp3) is 0.125. The van der Waals surface area contributed by atoms with Crippen LogP contribution < -0.4 is 0 Å². The molecule has 0 atom stereocenters. The highest BCUT2D eigenvalue weighted by Gasteiger charge is 1.97. The summed E-state index contributed by atoms with van der Waals surface area (Å²) >= 11 is 2.30. The van der Waals surface area contributed by atoms with E-state index in [0.717, 1.165) is 5.52 Å². The van der Waals surface area contributed by atoms with E-state index in [1.54, 1.807) is 0 Å². The first-order chi connectivity index (χ1) is 5.27. The molecule has 1 heterocycles. The second kappa shape index (κ2) is 2.48. The Hall–Kier alpha value is -0.580. The Labute approximate surface area is 78.4 Å². The number of imidazole rings is 1. The van der Waals surface area contributed by atoms with Crippen molar-refractivity contribution in [1.82, 2.24) is 9.55 Å². The Morgan fingerprint density at radius 3 is 3.09 bits per heavy atom. The first-order valence-electron chi connectivity index (χ1n) is 3.34. The quantitative estimate of drug-likeness (QED) is 0.662. The van der Waals surface area contributed by atoms with Gasteiger partial charge in [0.25, 0.3) is 0 Å². The summed E-state index contributed by atoms with van der Waals surface area (Å²) < 4.78 is 3.27. The molecule has 0 amide bonds. The molecule has 0 aliphatic rings. The Morgan fingerprint density at radius 1 is 1.45 bits per heavy atom. The third kappa shape index (κ3) is 1.13. The fourth-order valence-corrected chi connectivity index (χ4v) is 1.57. The Balaban J connectivity index is 2.87. The standard InChI is InChI=1S/C8H7IN2/c1-11-5-10-7-3-2-6(9)4-8(7)11/h2-5H,1H3. The maximum atomic E-state index is 4.22. The summed E-state index contributed by atoms with van der Waals surface area (Å²) in [6.45, 7) is 0. The number of hydrogen-bond donors (Lipinski definition) is 0. The predicted molar refractivity (Wildman–Crippen MR) is 53.4 cm³/mol.